The first-order valence-corrected chi connectivity index (χ1v) is 5.01. The van der Waals surface area contributed by atoms with E-state index in [2.05, 4.69) is 31.3 Å². The molecule has 1 rings (SSSR count). The summed E-state index contributed by atoms with van der Waals surface area (Å²) >= 11 is 0. The minimum atomic E-state index is -0.383. The molecule has 0 bridgehead atoms. The molecule has 0 saturated carbocycles. The van der Waals surface area contributed by atoms with Gasteiger partial charge in [-0.15, -0.1) is 0 Å². The van der Waals surface area contributed by atoms with Crippen LogP contribution < -0.4 is 5.32 Å². The van der Waals surface area contributed by atoms with Crippen LogP contribution in [0.4, 0.5) is 0 Å². The largest absolute Gasteiger partial charge is 0.378 e. The Kier molecular flexibility index (Phi) is 4.19. The minimum Gasteiger partial charge on any atom is -0.378 e. The summed E-state index contributed by atoms with van der Waals surface area (Å²) in [5.41, 5.74) is 0. The number of hydrogen-bond acceptors (Lipinski definition) is 2. The van der Waals surface area contributed by atoms with Gasteiger partial charge >= 0.3 is 0 Å². The van der Waals surface area contributed by atoms with Crippen molar-refractivity contribution in [2.45, 2.75) is 39.0 Å². The molecular formula is C11H19NO. The molecule has 13 heavy (non-hydrogen) atoms. The number of allylic oxidation sites excluding steroid dienone is 2. The van der Waals surface area contributed by atoms with Crippen molar-refractivity contribution in [2.24, 2.45) is 5.92 Å². The molecule has 3 unspecified atom stereocenters. The fraction of sp³-hybridized carbons (Fsp3) is 0.636. The van der Waals surface area contributed by atoms with Crippen LogP contribution in [0.1, 0.15) is 26.7 Å². The Morgan fingerprint density at radius 2 is 2.31 bits per heavy atom. The van der Waals surface area contributed by atoms with E-state index in [9.17, 15) is 5.11 Å². The van der Waals surface area contributed by atoms with Crippen LogP contribution in [0.15, 0.2) is 24.3 Å². The predicted molar refractivity (Wildman–Crippen MR) is 55.3 cm³/mol. The molecule has 3 atom stereocenters. The zero-order valence-corrected chi connectivity index (χ0v) is 8.40. The number of rotatable bonds is 4. The molecular weight excluding hydrogens is 162 g/mol. The predicted octanol–water partition coefficient (Wildman–Crippen LogP) is 1.83. The van der Waals surface area contributed by atoms with Crippen LogP contribution in [0, 0.1) is 5.92 Å². The van der Waals surface area contributed by atoms with Crippen molar-refractivity contribution in [1.29, 1.82) is 0 Å². The second-order valence-electron chi connectivity index (χ2n) is 3.65. The number of aliphatic hydroxyl groups is 1. The van der Waals surface area contributed by atoms with Crippen molar-refractivity contribution < 1.29 is 5.11 Å². The van der Waals surface area contributed by atoms with Gasteiger partial charge < -0.3 is 5.11 Å². The quantitative estimate of drug-likeness (QED) is 0.648. The molecule has 0 spiro atoms. The average molecular weight is 181 g/mol. The number of nitrogens with one attached hydrogen (secondary N) is 1. The monoisotopic (exact) mass is 181 g/mol. The Hall–Kier alpha value is -0.600. The molecule has 1 aliphatic carbocycles. The highest BCUT2D eigenvalue weighted by Crippen LogP contribution is 2.09. The standard InChI is InChI=1S/C11H19NO/c1-3-9(2)11(13)12-10-7-5-4-6-8-10/h4-7,9-13H,3,8H2,1-2H3. The molecule has 0 fully saturated rings. The number of hydrogen-bond donors (Lipinski definition) is 2. The molecule has 0 amide bonds. The van der Waals surface area contributed by atoms with Gasteiger partial charge in [-0.3, -0.25) is 5.32 Å². The van der Waals surface area contributed by atoms with Crippen molar-refractivity contribution in [3.63, 3.8) is 0 Å². The summed E-state index contributed by atoms with van der Waals surface area (Å²) < 4.78 is 0. The maximum atomic E-state index is 9.70. The Morgan fingerprint density at radius 3 is 2.85 bits per heavy atom. The maximum absolute atomic E-state index is 9.70. The zero-order valence-electron chi connectivity index (χ0n) is 8.40. The first-order valence-electron chi connectivity index (χ1n) is 5.01. The molecule has 0 aromatic carbocycles. The third-order valence-corrected chi connectivity index (χ3v) is 2.55. The highest BCUT2D eigenvalue weighted by atomic mass is 16.3. The van der Waals surface area contributed by atoms with Crippen molar-refractivity contribution in [2.75, 3.05) is 0 Å². The van der Waals surface area contributed by atoms with E-state index >= 15 is 0 Å². The highest BCUT2D eigenvalue weighted by Gasteiger charge is 2.15. The van der Waals surface area contributed by atoms with E-state index in [1.165, 1.54) is 0 Å². The summed E-state index contributed by atoms with van der Waals surface area (Å²) in [5, 5.41) is 12.9. The molecule has 2 heteroatoms. The third kappa shape index (κ3) is 3.33. The molecule has 0 heterocycles. The maximum Gasteiger partial charge on any atom is 0.107 e. The first kappa shape index (κ1) is 10.5. The van der Waals surface area contributed by atoms with Crippen LogP contribution in [0.2, 0.25) is 0 Å². The average Bonchev–Trinajstić information content (AvgIpc) is 2.18. The van der Waals surface area contributed by atoms with E-state index in [4.69, 9.17) is 0 Å². The molecule has 0 aliphatic heterocycles. The van der Waals surface area contributed by atoms with Crippen molar-refractivity contribution >= 4 is 0 Å². The molecule has 0 saturated heterocycles. The summed E-state index contributed by atoms with van der Waals surface area (Å²) in [4.78, 5) is 0. The van der Waals surface area contributed by atoms with Crippen molar-refractivity contribution in [1.82, 2.24) is 5.32 Å². The van der Waals surface area contributed by atoms with Gasteiger partial charge in [-0.25, -0.2) is 0 Å². The van der Waals surface area contributed by atoms with Crippen LogP contribution in [-0.4, -0.2) is 17.4 Å². The van der Waals surface area contributed by atoms with Crippen molar-refractivity contribution in [3.8, 4) is 0 Å². The van der Waals surface area contributed by atoms with Crippen LogP contribution in [0.3, 0.4) is 0 Å². The highest BCUT2D eigenvalue weighted by molar-refractivity contribution is 5.13. The first-order chi connectivity index (χ1) is 6.24. The summed E-state index contributed by atoms with van der Waals surface area (Å²) in [6.07, 6.45) is 9.85. The lowest BCUT2D eigenvalue weighted by atomic mass is 10.0. The Morgan fingerprint density at radius 1 is 1.54 bits per heavy atom. The van der Waals surface area contributed by atoms with Gasteiger partial charge in [0, 0.05) is 6.04 Å². The molecule has 0 aromatic heterocycles. The second-order valence-corrected chi connectivity index (χ2v) is 3.65. The van der Waals surface area contributed by atoms with Gasteiger partial charge in [0.2, 0.25) is 0 Å². The smallest absolute Gasteiger partial charge is 0.107 e. The van der Waals surface area contributed by atoms with Crippen LogP contribution >= 0.6 is 0 Å². The third-order valence-electron chi connectivity index (χ3n) is 2.55. The van der Waals surface area contributed by atoms with Gasteiger partial charge in [0.05, 0.1) is 0 Å². The number of aliphatic hydroxyl groups excluding tert-OH is 1. The lowest BCUT2D eigenvalue weighted by Gasteiger charge is -2.24. The van der Waals surface area contributed by atoms with Gasteiger partial charge in [-0.05, 0) is 18.8 Å². The lowest BCUT2D eigenvalue weighted by molar-refractivity contribution is 0.0740. The van der Waals surface area contributed by atoms with Gasteiger partial charge in [-0.2, -0.15) is 0 Å². The zero-order chi connectivity index (χ0) is 9.68. The SMILES string of the molecule is CCC(C)C(O)NC1C=CC=CC1. The molecule has 1 aliphatic rings. The van der Waals surface area contributed by atoms with Gasteiger partial charge in [0.25, 0.3) is 0 Å². The minimum absolute atomic E-state index is 0.300. The topological polar surface area (TPSA) is 32.3 Å². The summed E-state index contributed by atoms with van der Waals surface area (Å²) in [6.45, 7) is 4.15. The molecule has 2 nitrogen and oxygen atoms in total. The van der Waals surface area contributed by atoms with Gasteiger partial charge in [-0.1, -0.05) is 38.2 Å². The van der Waals surface area contributed by atoms with E-state index in [0.29, 0.717) is 12.0 Å². The van der Waals surface area contributed by atoms with Crippen molar-refractivity contribution in [3.05, 3.63) is 24.3 Å². The summed E-state index contributed by atoms with van der Waals surface area (Å²) in [5.74, 6) is 0.319. The van der Waals surface area contributed by atoms with E-state index in [-0.39, 0.29) is 6.23 Å². The Labute approximate surface area is 80.3 Å². The summed E-state index contributed by atoms with van der Waals surface area (Å²) in [6, 6.07) is 0.300. The van der Waals surface area contributed by atoms with Crippen LogP contribution in [0.25, 0.3) is 0 Å². The van der Waals surface area contributed by atoms with Crippen LogP contribution in [0.5, 0.6) is 0 Å². The molecule has 2 N–H and O–H groups in total. The van der Waals surface area contributed by atoms with Gasteiger partial charge in [0.15, 0.2) is 0 Å². The normalized spacial score (nSPS) is 25.9. The van der Waals surface area contributed by atoms with E-state index < -0.39 is 0 Å². The lowest BCUT2D eigenvalue weighted by Crippen LogP contribution is -2.41. The Bertz CT molecular complexity index is 198. The second kappa shape index (κ2) is 5.20. The van der Waals surface area contributed by atoms with Gasteiger partial charge in [0.1, 0.15) is 6.23 Å². The van der Waals surface area contributed by atoms with E-state index in [0.717, 1.165) is 12.8 Å². The van der Waals surface area contributed by atoms with Crippen LogP contribution in [-0.2, 0) is 0 Å². The molecule has 0 aromatic rings. The summed E-state index contributed by atoms with van der Waals surface area (Å²) in [7, 11) is 0. The van der Waals surface area contributed by atoms with E-state index in [1.54, 1.807) is 0 Å². The Balaban J connectivity index is 2.31. The van der Waals surface area contributed by atoms with E-state index in [1.807, 2.05) is 12.2 Å². The fourth-order valence-corrected chi connectivity index (χ4v) is 1.31. The fourth-order valence-electron chi connectivity index (χ4n) is 1.31. The molecule has 0 radical (unpaired) electrons. The molecule has 74 valence electrons.